The molecule has 1 aromatic heterocycles. The van der Waals surface area contributed by atoms with E-state index in [4.69, 9.17) is 4.74 Å². The van der Waals surface area contributed by atoms with E-state index in [1.165, 1.54) is 5.56 Å². The fraction of sp³-hybridized carbons (Fsp3) is 0.267. The lowest BCUT2D eigenvalue weighted by atomic mass is 10.2. The lowest BCUT2D eigenvalue weighted by molar-refractivity contribution is 0.320. The van der Waals surface area contributed by atoms with Crippen molar-refractivity contribution >= 4 is 15.9 Å². The molecule has 0 spiro atoms. The van der Waals surface area contributed by atoms with Gasteiger partial charge in [-0.15, -0.1) is 0 Å². The number of rotatable bonds is 5. The van der Waals surface area contributed by atoms with Crippen molar-refractivity contribution in [3.8, 4) is 5.75 Å². The molecule has 0 aliphatic rings. The van der Waals surface area contributed by atoms with Gasteiger partial charge in [-0.25, -0.2) is 0 Å². The highest BCUT2D eigenvalue weighted by Crippen LogP contribution is 2.16. The number of ether oxygens (including phenoxy) is 1. The van der Waals surface area contributed by atoms with Crippen molar-refractivity contribution in [3.63, 3.8) is 0 Å². The fourth-order valence-electron chi connectivity index (χ4n) is 1.62. The number of aryl methyl sites for hydroxylation is 1. The molecule has 94 valence electrons. The number of halogens is 1. The van der Waals surface area contributed by atoms with Gasteiger partial charge < -0.3 is 4.74 Å². The molecule has 0 amide bonds. The zero-order valence-electron chi connectivity index (χ0n) is 10.4. The van der Waals surface area contributed by atoms with Crippen LogP contribution in [0.15, 0.2) is 47.1 Å². The Balaban J connectivity index is 1.82. The standard InChI is InChI=1S/C15H16BrNO/c1-2-12-3-6-14(17-11-12)9-10-18-15-7-4-13(16)5-8-15/h3-8,11H,2,9-10H2,1H3. The fourth-order valence-corrected chi connectivity index (χ4v) is 1.88. The average Bonchev–Trinajstić information content (AvgIpc) is 2.42. The second-order valence-electron chi connectivity index (χ2n) is 4.06. The van der Waals surface area contributed by atoms with Gasteiger partial charge in [0.25, 0.3) is 0 Å². The van der Waals surface area contributed by atoms with Crippen LogP contribution in [0.1, 0.15) is 18.2 Å². The maximum absolute atomic E-state index is 5.66. The van der Waals surface area contributed by atoms with Gasteiger partial charge in [0, 0.05) is 22.8 Å². The van der Waals surface area contributed by atoms with E-state index in [9.17, 15) is 0 Å². The highest BCUT2D eigenvalue weighted by atomic mass is 79.9. The van der Waals surface area contributed by atoms with Gasteiger partial charge in [-0.05, 0) is 42.3 Å². The van der Waals surface area contributed by atoms with Crippen LogP contribution in [0.25, 0.3) is 0 Å². The first-order valence-electron chi connectivity index (χ1n) is 6.10. The van der Waals surface area contributed by atoms with Crippen molar-refractivity contribution in [2.75, 3.05) is 6.61 Å². The van der Waals surface area contributed by atoms with Crippen LogP contribution in [0, 0.1) is 0 Å². The van der Waals surface area contributed by atoms with Crippen LogP contribution in [0.5, 0.6) is 5.75 Å². The Hall–Kier alpha value is -1.35. The Bertz CT molecular complexity index is 479. The SMILES string of the molecule is CCc1ccc(CCOc2ccc(Br)cc2)nc1. The minimum absolute atomic E-state index is 0.653. The first-order valence-corrected chi connectivity index (χ1v) is 6.89. The monoisotopic (exact) mass is 305 g/mol. The highest BCUT2D eigenvalue weighted by Gasteiger charge is 1.97. The zero-order valence-corrected chi connectivity index (χ0v) is 12.0. The van der Waals surface area contributed by atoms with E-state index in [0.717, 1.165) is 28.8 Å². The maximum atomic E-state index is 5.66. The van der Waals surface area contributed by atoms with Crippen LogP contribution in [-0.4, -0.2) is 11.6 Å². The molecule has 0 saturated carbocycles. The summed E-state index contributed by atoms with van der Waals surface area (Å²) < 4.78 is 6.72. The van der Waals surface area contributed by atoms with Crippen LogP contribution in [0.3, 0.4) is 0 Å². The predicted molar refractivity (Wildman–Crippen MR) is 77.0 cm³/mol. The molecule has 3 heteroatoms. The van der Waals surface area contributed by atoms with Crippen LogP contribution in [-0.2, 0) is 12.8 Å². The van der Waals surface area contributed by atoms with E-state index in [-0.39, 0.29) is 0 Å². The molecule has 2 rings (SSSR count). The molecule has 0 atom stereocenters. The lowest BCUT2D eigenvalue weighted by Crippen LogP contribution is -2.03. The summed E-state index contributed by atoms with van der Waals surface area (Å²) >= 11 is 3.40. The second-order valence-corrected chi connectivity index (χ2v) is 4.98. The van der Waals surface area contributed by atoms with Crippen molar-refractivity contribution < 1.29 is 4.74 Å². The Labute approximate surface area is 116 Å². The van der Waals surface area contributed by atoms with Gasteiger partial charge in [-0.1, -0.05) is 28.9 Å². The molecule has 0 aliphatic carbocycles. The Morgan fingerprint density at radius 3 is 2.50 bits per heavy atom. The first-order chi connectivity index (χ1) is 8.78. The van der Waals surface area contributed by atoms with Crippen LogP contribution in [0.2, 0.25) is 0 Å². The lowest BCUT2D eigenvalue weighted by Gasteiger charge is -2.06. The summed E-state index contributed by atoms with van der Waals surface area (Å²) in [5, 5.41) is 0. The molecule has 0 radical (unpaired) electrons. The van der Waals surface area contributed by atoms with E-state index in [2.05, 4.69) is 40.0 Å². The van der Waals surface area contributed by atoms with Crippen molar-refractivity contribution in [3.05, 3.63) is 58.3 Å². The van der Waals surface area contributed by atoms with E-state index < -0.39 is 0 Å². The highest BCUT2D eigenvalue weighted by molar-refractivity contribution is 9.10. The Morgan fingerprint density at radius 1 is 1.11 bits per heavy atom. The van der Waals surface area contributed by atoms with E-state index in [0.29, 0.717) is 6.61 Å². The third kappa shape index (κ3) is 3.84. The number of hydrogen-bond donors (Lipinski definition) is 0. The summed E-state index contributed by atoms with van der Waals surface area (Å²) in [7, 11) is 0. The maximum Gasteiger partial charge on any atom is 0.119 e. The molecule has 1 heterocycles. The summed E-state index contributed by atoms with van der Waals surface area (Å²) in [5.74, 6) is 0.892. The number of pyridine rings is 1. The molecule has 0 unspecified atom stereocenters. The number of aromatic nitrogens is 1. The summed E-state index contributed by atoms with van der Waals surface area (Å²) in [6.07, 6.45) is 3.80. The average molecular weight is 306 g/mol. The number of benzene rings is 1. The van der Waals surface area contributed by atoms with Gasteiger partial charge in [0.1, 0.15) is 5.75 Å². The largest absolute Gasteiger partial charge is 0.493 e. The Kier molecular flexibility index (Phi) is 4.76. The van der Waals surface area contributed by atoms with E-state index >= 15 is 0 Å². The summed E-state index contributed by atoms with van der Waals surface area (Å²) in [6.45, 7) is 2.79. The first kappa shape index (κ1) is 13.1. The zero-order chi connectivity index (χ0) is 12.8. The molecule has 0 saturated heterocycles. The van der Waals surface area contributed by atoms with Crippen LogP contribution < -0.4 is 4.74 Å². The molecule has 0 fully saturated rings. The Morgan fingerprint density at radius 2 is 1.89 bits per heavy atom. The van der Waals surface area contributed by atoms with Crippen molar-refractivity contribution in [1.29, 1.82) is 0 Å². The number of nitrogens with zero attached hydrogens (tertiary/aromatic N) is 1. The third-order valence-corrected chi connectivity index (χ3v) is 3.26. The van der Waals surface area contributed by atoms with Crippen molar-refractivity contribution in [2.24, 2.45) is 0 Å². The smallest absolute Gasteiger partial charge is 0.119 e. The summed E-state index contributed by atoms with van der Waals surface area (Å²) in [4.78, 5) is 4.41. The van der Waals surface area contributed by atoms with Gasteiger partial charge in [-0.3, -0.25) is 4.98 Å². The van der Waals surface area contributed by atoms with Crippen LogP contribution in [0.4, 0.5) is 0 Å². The second kappa shape index (κ2) is 6.55. The van der Waals surface area contributed by atoms with Gasteiger partial charge in [0.15, 0.2) is 0 Å². The van der Waals surface area contributed by atoms with E-state index in [1.54, 1.807) is 0 Å². The molecule has 2 aromatic rings. The third-order valence-electron chi connectivity index (χ3n) is 2.73. The molecule has 2 nitrogen and oxygen atoms in total. The molecule has 0 bridgehead atoms. The minimum Gasteiger partial charge on any atom is -0.493 e. The van der Waals surface area contributed by atoms with E-state index in [1.807, 2.05) is 30.5 Å². The normalized spacial score (nSPS) is 10.3. The summed E-state index contributed by atoms with van der Waals surface area (Å²) in [6, 6.07) is 12.1. The topological polar surface area (TPSA) is 22.1 Å². The molecule has 1 aromatic carbocycles. The van der Waals surface area contributed by atoms with Gasteiger partial charge in [-0.2, -0.15) is 0 Å². The molecular weight excluding hydrogens is 290 g/mol. The molecule has 0 aliphatic heterocycles. The van der Waals surface area contributed by atoms with Gasteiger partial charge >= 0.3 is 0 Å². The molecule has 0 N–H and O–H groups in total. The van der Waals surface area contributed by atoms with Crippen molar-refractivity contribution in [2.45, 2.75) is 19.8 Å². The predicted octanol–water partition coefficient (Wildman–Crippen LogP) is 4.03. The minimum atomic E-state index is 0.653. The van der Waals surface area contributed by atoms with Crippen molar-refractivity contribution in [1.82, 2.24) is 4.98 Å². The van der Waals surface area contributed by atoms with Crippen LogP contribution >= 0.6 is 15.9 Å². The summed E-state index contributed by atoms with van der Waals surface area (Å²) in [5.41, 5.74) is 2.34. The molecular formula is C15H16BrNO. The van der Waals surface area contributed by atoms with Gasteiger partial charge in [0.05, 0.1) is 6.61 Å². The quantitative estimate of drug-likeness (QED) is 0.832. The number of hydrogen-bond acceptors (Lipinski definition) is 2. The van der Waals surface area contributed by atoms with Gasteiger partial charge in [0.2, 0.25) is 0 Å². The molecule has 18 heavy (non-hydrogen) atoms.